The number of nitrogens with zero attached hydrogens (tertiary/aromatic N) is 10. The SMILES string of the molecule is C=CC(=O)N1CC2CCc3c(c4cc(F)c(-c5c(C)ccc6[nH]ncc56)c(Cl)c4n(-c4c(C)cc(C(=C)C(=O)N5CC6CCOc7c(c8cc(F)c(-c9c(C)ccc%10[nH]ncc9%10)c(Cl)c8n(-c8c(C)ccnc8C(C)C)c7=O)N6CC5C)nc4C(C)C)c3=O)N2CC1C. The lowest BCUT2D eigenvalue weighted by Crippen LogP contribution is -2.60. The van der Waals surface area contributed by atoms with Crippen LogP contribution in [0.1, 0.15) is 111 Å². The summed E-state index contributed by atoms with van der Waals surface area (Å²) in [7, 11) is 0. The molecular weight excluding hydrogens is 1220 g/mol. The molecule has 93 heavy (non-hydrogen) atoms. The summed E-state index contributed by atoms with van der Waals surface area (Å²) < 4.78 is 45.0. The summed E-state index contributed by atoms with van der Waals surface area (Å²) >= 11 is 15.5. The molecule has 10 heterocycles. The third kappa shape index (κ3) is 9.40. The van der Waals surface area contributed by atoms with Crippen LogP contribution in [0.5, 0.6) is 5.75 Å². The van der Waals surface area contributed by atoms with Crippen molar-refractivity contribution in [1.29, 1.82) is 0 Å². The van der Waals surface area contributed by atoms with Crippen molar-refractivity contribution in [3.63, 3.8) is 0 Å². The predicted molar refractivity (Wildman–Crippen MR) is 364 cm³/mol. The molecular formula is C72H70Cl2F2N12O5. The number of hydrogen-bond acceptors (Lipinski definition) is 11. The Labute approximate surface area is 545 Å². The maximum Gasteiger partial charge on any atom is 0.300 e. The number of halogens is 4. The van der Waals surface area contributed by atoms with Gasteiger partial charge in [-0.05, 0) is 131 Å². The molecule has 4 atom stereocenters. The number of hydrogen-bond donors (Lipinski definition) is 2. The van der Waals surface area contributed by atoms with Crippen molar-refractivity contribution in [2.24, 2.45) is 0 Å². The van der Waals surface area contributed by atoms with E-state index in [0.717, 1.165) is 16.7 Å². The van der Waals surface area contributed by atoms with Gasteiger partial charge in [-0.15, -0.1) is 0 Å². The van der Waals surface area contributed by atoms with Crippen molar-refractivity contribution < 1.29 is 23.1 Å². The second-order valence-corrected chi connectivity index (χ2v) is 27.0. The molecule has 6 aromatic heterocycles. The monoisotopic (exact) mass is 1290 g/mol. The molecule has 10 aromatic rings. The highest BCUT2D eigenvalue weighted by Gasteiger charge is 2.43. The number of aromatic amines is 2. The first kappa shape index (κ1) is 61.3. The van der Waals surface area contributed by atoms with Crippen LogP contribution in [0.2, 0.25) is 10.0 Å². The highest BCUT2D eigenvalue weighted by Crippen LogP contribution is 2.50. The highest BCUT2D eigenvalue weighted by atomic mass is 35.5. The summed E-state index contributed by atoms with van der Waals surface area (Å²) in [5.41, 5.74) is 9.24. The Morgan fingerprint density at radius 2 is 1.19 bits per heavy atom. The van der Waals surface area contributed by atoms with Crippen LogP contribution in [0.3, 0.4) is 0 Å². The molecule has 4 aliphatic rings. The number of rotatable bonds is 9. The van der Waals surface area contributed by atoms with Gasteiger partial charge in [0.25, 0.3) is 17.0 Å². The Balaban J connectivity index is 0.876. The van der Waals surface area contributed by atoms with Gasteiger partial charge in [0.05, 0.1) is 103 Å². The van der Waals surface area contributed by atoms with Crippen molar-refractivity contribution in [3.8, 4) is 39.4 Å². The summed E-state index contributed by atoms with van der Waals surface area (Å²) in [6, 6.07) is 12.7. The zero-order valence-electron chi connectivity index (χ0n) is 53.5. The van der Waals surface area contributed by atoms with Crippen molar-refractivity contribution in [2.75, 3.05) is 42.6 Å². The summed E-state index contributed by atoms with van der Waals surface area (Å²) in [5, 5.41) is 16.7. The van der Waals surface area contributed by atoms with E-state index in [1.54, 1.807) is 43.6 Å². The molecule has 17 nitrogen and oxygen atoms in total. The predicted octanol–water partition coefficient (Wildman–Crippen LogP) is 13.7. The Hall–Kier alpha value is -9.20. The molecule has 4 aliphatic heterocycles. The Morgan fingerprint density at radius 1 is 0.656 bits per heavy atom. The zero-order valence-corrected chi connectivity index (χ0v) is 55.0. The van der Waals surface area contributed by atoms with Crippen molar-refractivity contribution in [2.45, 2.75) is 125 Å². The molecule has 21 heteroatoms. The van der Waals surface area contributed by atoms with Gasteiger partial charge >= 0.3 is 0 Å². The fourth-order valence-corrected chi connectivity index (χ4v) is 16.0. The molecule has 4 aromatic carbocycles. The summed E-state index contributed by atoms with van der Waals surface area (Å²) in [6.45, 7) is 28.8. The second-order valence-electron chi connectivity index (χ2n) is 26.2. The van der Waals surface area contributed by atoms with Gasteiger partial charge in [-0.1, -0.05) is 76.2 Å². The number of H-pyrrole nitrogens is 2. The number of pyridine rings is 4. The number of ether oxygens (including phenoxy) is 1. The molecule has 476 valence electrons. The van der Waals surface area contributed by atoms with E-state index in [1.807, 2.05) is 99.6 Å². The summed E-state index contributed by atoms with van der Waals surface area (Å²) in [5.74, 6) is -2.18. The number of anilines is 2. The molecule has 2 amide bonds. The fourth-order valence-electron chi connectivity index (χ4n) is 15.3. The highest BCUT2D eigenvalue weighted by molar-refractivity contribution is 6.40. The molecule has 2 N–H and O–H groups in total. The molecule has 14 rings (SSSR count). The molecule has 2 saturated heterocycles. The van der Waals surface area contributed by atoms with Crippen molar-refractivity contribution in [1.82, 2.24) is 49.3 Å². The number of carbonyl (C=O) groups is 2. The molecule has 2 fully saturated rings. The van der Waals surface area contributed by atoms with Crippen LogP contribution >= 0.6 is 23.2 Å². The number of piperazine rings is 2. The van der Waals surface area contributed by atoms with E-state index in [2.05, 4.69) is 43.4 Å². The minimum absolute atomic E-state index is 0.0219. The molecule has 0 spiro atoms. The first-order chi connectivity index (χ1) is 44.5. The van der Waals surface area contributed by atoms with E-state index < -0.39 is 29.3 Å². The summed E-state index contributed by atoms with van der Waals surface area (Å²) in [4.78, 5) is 78.0. The second kappa shape index (κ2) is 22.8. The summed E-state index contributed by atoms with van der Waals surface area (Å²) in [6.07, 6.45) is 7.60. The average molecular weight is 1290 g/mol. The molecule has 0 bridgehead atoms. The van der Waals surface area contributed by atoms with Crippen LogP contribution in [-0.4, -0.2) is 118 Å². The first-order valence-electron chi connectivity index (χ1n) is 31.6. The maximum absolute atomic E-state index is 17.6. The number of aryl methyl sites for hydroxylation is 4. The third-order valence-electron chi connectivity index (χ3n) is 19.7. The van der Waals surface area contributed by atoms with E-state index in [9.17, 15) is 4.79 Å². The first-order valence-corrected chi connectivity index (χ1v) is 32.4. The van der Waals surface area contributed by atoms with Gasteiger partial charge in [-0.25, -0.2) is 8.78 Å². The van der Waals surface area contributed by atoms with Gasteiger partial charge in [0.15, 0.2) is 0 Å². The van der Waals surface area contributed by atoms with Gasteiger partial charge in [0.1, 0.15) is 11.6 Å². The third-order valence-corrected chi connectivity index (χ3v) is 20.5. The van der Waals surface area contributed by atoms with Crippen LogP contribution < -0.4 is 25.7 Å². The van der Waals surface area contributed by atoms with Crippen LogP contribution in [0, 0.1) is 39.3 Å². The maximum atomic E-state index is 17.6. The Kier molecular flexibility index (Phi) is 15.0. The fraction of sp³-hybridized carbons (Fsp3) is 0.333. The number of aromatic nitrogens is 8. The van der Waals surface area contributed by atoms with Crippen LogP contribution in [0.25, 0.3) is 82.8 Å². The normalized spacial score (nSPS) is 18.1. The van der Waals surface area contributed by atoms with E-state index >= 15 is 23.2 Å². The van der Waals surface area contributed by atoms with Crippen LogP contribution in [0.4, 0.5) is 20.2 Å². The topological polar surface area (TPSA) is 183 Å². The van der Waals surface area contributed by atoms with Gasteiger partial charge in [0, 0.05) is 106 Å². The zero-order chi connectivity index (χ0) is 65.6. The molecule has 0 saturated carbocycles. The van der Waals surface area contributed by atoms with Crippen molar-refractivity contribution >= 4 is 95.6 Å². The number of nitrogens with one attached hydrogen (secondary N) is 2. The van der Waals surface area contributed by atoms with Crippen molar-refractivity contribution in [3.05, 3.63) is 174 Å². The number of carbonyl (C=O) groups excluding carboxylic acids is 2. The smallest absolute Gasteiger partial charge is 0.300 e. The van der Waals surface area contributed by atoms with E-state index in [0.29, 0.717) is 127 Å². The number of fused-ring (bicyclic) bond motifs is 12. The van der Waals surface area contributed by atoms with Crippen LogP contribution in [-0.2, 0) is 16.0 Å². The minimum Gasteiger partial charge on any atom is -0.486 e. The lowest BCUT2D eigenvalue weighted by Gasteiger charge is -2.49. The lowest BCUT2D eigenvalue weighted by atomic mass is 9.89. The lowest BCUT2D eigenvalue weighted by molar-refractivity contribution is -0.129. The minimum atomic E-state index is -0.608. The average Bonchev–Trinajstić information content (AvgIpc) is 1.02. The molecule has 0 radical (unpaired) electrons. The van der Waals surface area contributed by atoms with Gasteiger partial charge in [-0.3, -0.25) is 48.5 Å². The Bertz CT molecular complexity index is 5050. The number of benzene rings is 4. The van der Waals surface area contributed by atoms with Gasteiger partial charge < -0.3 is 24.3 Å². The molecule has 0 aliphatic carbocycles. The van der Waals surface area contributed by atoms with E-state index in [-0.39, 0.29) is 105 Å². The largest absolute Gasteiger partial charge is 0.486 e. The Morgan fingerprint density at radius 3 is 1.78 bits per heavy atom. The van der Waals surface area contributed by atoms with E-state index in [4.69, 9.17) is 37.9 Å². The van der Waals surface area contributed by atoms with Gasteiger partial charge in [0.2, 0.25) is 11.7 Å². The van der Waals surface area contributed by atoms with Crippen LogP contribution in [0.15, 0.2) is 95.9 Å². The standard InChI is InChI=1S/C72H70Cl2F2N12O5/c1-13-54(89)83-31-42-16-17-44-65(85(42)29-39(83)10)45-25-49(75)57(55-35(6)14-18-51-47(55)27-78-81-51)59(73)66(45)87(71(44)91)64-38(9)24-53(80-62(64)34(4)5)41(12)70(90)84-32-43-21-23-93-69-68(86(43)30-40(84)11)46-26-50(76)58(56-36(7)15-19-52-48(56)28-79-82-52)60(74)67(46)88(72(69)92)63-37(8)20-22-77-61(63)33(2)3/h13-15,18-20,22,24-28,33-34,39-40,42-43H,1,12,16-17,21,23,29-32H2,2-11H3,(H,78,81)(H,79,82). The van der Waals surface area contributed by atoms with Gasteiger partial charge in [-0.2, -0.15) is 10.2 Å². The quantitative estimate of drug-likeness (QED) is 0.131. The molecule has 4 unspecified atom stereocenters. The van der Waals surface area contributed by atoms with E-state index in [1.165, 1.54) is 18.2 Å². The number of amides is 2.